The Kier molecular flexibility index (Phi) is 13.7. The number of hydrogen-bond acceptors (Lipinski definition) is 7. The molecule has 0 aliphatic rings. The molecule has 0 amide bonds. The number of methoxy groups -OCH3 is 3. The summed E-state index contributed by atoms with van der Waals surface area (Å²) in [6.45, 7) is 13.4. The van der Waals surface area contributed by atoms with Crippen LogP contribution in [-0.2, 0) is 0 Å². The number of rotatable bonds is 9. The topological polar surface area (TPSA) is 76.4 Å². The first-order valence-electron chi connectivity index (χ1n) is 14.3. The van der Waals surface area contributed by atoms with Gasteiger partial charge < -0.3 is 28.1 Å². The van der Waals surface area contributed by atoms with Crippen LogP contribution < -0.4 is 29.3 Å². The lowest BCUT2D eigenvalue weighted by Gasteiger charge is -2.12. The Morgan fingerprint density at radius 1 is 0.795 bits per heavy atom. The molecule has 0 fully saturated rings. The van der Waals surface area contributed by atoms with E-state index in [9.17, 15) is 13.6 Å². The van der Waals surface area contributed by atoms with Gasteiger partial charge in [0, 0.05) is 11.5 Å². The van der Waals surface area contributed by atoms with Crippen molar-refractivity contribution in [2.75, 3.05) is 27.9 Å². The monoisotopic (exact) mass is 612 g/mol. The van der Waals surface area contributed by atoms with Gasteiger partial charge in [-0.3, -0.25) is 0 Å². The van der Waals surface area contributed by atoms with Crippen LogP contribution in [-0.4, -0.2) is 34.0 Å². The zero-order valence-electron chi connectivity index (χ0n) is 27.1. The molecule has 0 N–H and O–H groups in total. The summed E-state index contributed by atoms with van der Waals surface area (Å²) >= 11 is 0. The third-order valence-electron chi connectivity index (χ3n) is 6.09. The van der Waals surface area contributed by atoms with Gasteiger partial charge >= 0.3 is 5.63 Å². The predicted octanol–water partition coefficient (Wildman–Crippen LogP) is 8.78. The third kappa shape index (κ3) is 8.99. The molecule has 238 valence electrons. The van der Waals surface area contributed by atoms with E-state index in [-0.39, 0.29) is 17.1 Å². The highest BCUT2D eigenvalue weighted by atomic mass is 19.1. The minimum absolute atomic E-state index is 0.223. The van der Waals surface area contributed by atoms with Crippen molar-refractivity contribution in [3.05, 3.63) is 86.8 Å². The summed E-state index contributed by atoms with van der Waals surface area (Å²) in [6, 6.07) is 12.2. The van der Waals surface area contributed by atoms with Gasteiger partial charge in [0.2, 0.25) is 5.82 Å². The summed E-state index contributed by atoms with van der Waals surface area (Å²) in [5.74, 6) is 0.637. The summed E-state index contributed by atoms with van der Waals surface area (Å²) < 4.78 is 59.3. The Bertz CT molecular complexity index is 1620. The molecule has 3 aromatic carbocycles. The zero-order valence-corrected chi connectivity index (χ0v) is 27.1. The van der Waals surface area contributed by atoms with Crippen molar-refractivity contribution in [1.82, 2.24) is 0 Å². The molecule has 7 nitrogen and oxygen atoms in total. The quantitative estimate of drug-likeness (QED) is 0.138. The molecule has 9 heteroatoms. The largest absolute Gasteiger partial charge is 0.493 e. The summed E-state index contributed by atoms with van der Waals surface area (Å²) in [5, 5.41) is 0.223. The van der Waals surface area contributed by atoms with Gasteiger partial charge in [-0.05, 0) is 87.2 Å². The first-order chi connectivity index (χ1) is 21.0. The van der Waals surface area contributed by atoms with E-state index in [1.165, 1.54) is 6.07 Å². The van der Waals surface area contributed by atoms with Crippen LogP contribution in [0.5, 0.6) is 28.7 Å². The number of halogens is 2. The average molecular weight is 613 g/mol. The standard InChI is InChI=1S/C20H24O4.C13H12F2O3.C2H6/c1-6-24-18-12-15(9-10-17(18)21-3)7-8-16-11-14(2)20(23-5)19(13-16)22-4;1-6(2)17-13-9(14)5-8-7(3)4-10(16)18-12(8)11(13)15;1-2/h7-13H,6H2,1-5H3;4-6H,1-3H3;1-2H3/b8-7-;;. The van der Waals surface area contributed by atoms with Gasteiger partial charge in [-0.15, -0.1) is 0 Å². The summed E-state index contributed by atoms with van der Waals surface area (Å²) in [6.07, 6.45) is 3.68. The van der Waals surface area contributed by atoms with Crippen molar-refractivity contribution in [3.63, 3.8) is 0 Å². The van der Waals surface area contributed by atoms with Gasteiger partial charge in [-0.25, -0.2) is 9.18 Å². The Balaban J connectivity index is 0.000000301. The summed E-state index contributed by atoms with van der Waals surface area (Å²) in [4.78, 5) is 11.2. The second-order valence-corrected chi connectivity index (χ2v) is 9.54. The maximum atomic E-state index is 14.1. The third-order valence-corrected chi connectivity index (χ3v) is 6.09. The first-order valence-corrected chi connectivity index (χ1v) is 14.3. The van der Waals surface area contributed by atoms with E-state index in [1.807, 2.05) is 64.1 Å². The number of fused-ring (bicyclic) bond motifs is 1. The Hall–Kier alpha value is -4.53. The van der Waals surface area contributed by atoms with Crippen molar-refractivity contribution in [2.24, 2.45) is 0 Å². The number of aryl methyl sites for hydroxylation is 2. The van der Waals surface area contributed by atoms with Crippen LogP contribution in [0.25, 0.3) is 23.1 Å². The lowest BCUT2D eigenvalue weighted by Crippen LogP contribution is -2.10. The lowest BCUT2D eigenvalue weighted by atomic mass is 10.1. The smallest absolute Gasteiger partial charge is 0.336 e. The van der Waals surface area contributed by atoms with Crippen molar-refractivity contribution in [2.45, 2.75) is 54.6 Å². The molecule has 4 aromatic rings. The van der Waals surface area contributed by atoms with Crippen LogP contribution in [0.3, 0.4) is 0 Å². The number of ether oxygens (including phenoxy) is 5. The molecule has 0 radical (unpaired) electrons. The van der Waals surface area contributed by atoms with Crippen LogP contribution >= 0.6 is 0 Å². The van der Waals surface area contributed by atoms with Crippen molar-refractivity contribution < 1.29 is 36.9 Å². The van der Waals surface area contributed by atoms with Crippen LogP contribution in [0.2, 0.25) is 0 Å². The van der Waals surface area contributed by atoms with E-state index >= 15 is 0 Å². The van der Waals surface area contributed by atoms with Crippen molar-refractivity contribution in [1.29, 1.82) is 0 Å². The summed E-state index contributed by atoms with van der Waals surface area (Å²) in [5.41, 5.74) is 2.60. The number of benzene rings is 3. The molecule has 0 saturated carbocycles. The highest BCUT2D eigenvalue weighted by Crippen LogP contribution is 2.34. The van der Waals surface area contributed by atoms with E-state index in [4.69, 9.17) is 28.1 Å². The van der Waals surface area contributed by atoms with E-state index in [0.29, 0.717) is 12.2 Å². The number of hydrogen-bond donors (Lipinski definition) is 0. The Morgan fingerprint density at radius 2 is 1.43 bits per heavy atom. The van der Waals surface area contributed by atoms with Gasteiger partial charge in [0.1, 0.15) is 0 Å². The molecule has 4 rings (SSSR count). The molecule has 0 spiro atoms. The zero-order chi connectivity index (χ0) is 33.0. The van der Waals surface area contributed by atoms with E-state index in [0.717, 1.165) is 45.8 Å². The molecular weight excluding hydrogens is 570 g/mol. The van der Waals surface area contributed by atoms with Crippen LogP contribution in [0.1, 0.15) is 56.9 Å². The Labute approximate surface area is 258 Å². The molecule has 0 unspecified atom stereocenters. The van der Waals surface area contributed by atoms with Gasteiger partial charge in [-0.1, -0.05) is 32.1 Å². The first kappa shape index (κ1) is 35.7. The molecular formula is C35H42F2O7. The molecule has 44 heavy (non-hydrogen) atoms. The van der Waals surface area contributed by atoms with Gasteiger partial charge in [-0.2, -0.15) is 4.39 Å². The SMILES string of the molecule is CC.CCOc1cc(/C=C\c2cc(C)c(OC)c(OC)c2)ccc1OC.Cc1cc(=O)oc2c(F)c(OC(C)C)c(F)cc12. The lowest BCUT2D eigenvalue weighted by molar-refractivity contribution is 0.219. The molecule has 0 atom stereocenters. The van der Waals surface area contributed by atoms with Crippen molar-refractivity contribution in [3.8, 4) is 28.7 Å². The maximum Gasteiger partial charge on any atom is 0.336 e. The van der Waals surface area contributed by atoms with Gasteiger partial charge in [0.05, 0.1) is 34.0 Å². The van der Waals surface area contributed by atoms with E-state index < -0.39 is 23.0 Å². The fourth-order valence-electron chi connectivity index (χ4n) is 4.24. The minimum Gasteiger partial charge on any atom is -0.493 e. The van der Waals surface area contributed by atoms with Crippen molar-refractivity contribution >= 4 is 23.1 Å². The summed E-state index contributed by atoms with van der Waals surface area (Å²) in [7, 11) is 4.93. The van der Waals surface area contributed by atoms with Crippen LogP contribution in [0, 0.1) is 25.5 Å². The van der Waals surface area contributed by atoms with E-state index in [1.54, 1.807) is 42.1 Å². The van der Waals surface area contributed by atoms with Gasteiger partial charge in [0.25, 0.3) is 0 Å². The maximum absolute atomic E-state index is 14.1. The molecule has 0 aliphatic carbocycles. The fourth-order valence-corrected chi connectivity index (χ4v) is 4.24. The molecule has 1 aromatic heterocycles. The second-order valence-electron chi connectivity index (χ2n) is 9.54. The molecule has 1 heterocycles. The van der Waals surface area contributed by atoms with Gasteiger partial charge in [0.15, 0.2) is 40.1 Å². The van der Waals surface area contributed by atoms with Crippen LogP contribution in [0.15, 0.2) is 51.7 Å². The normalized spacial score (nSPS) is 10.6. The molecule has 0 bridgehead atoms. The van der Waals surface area contributed by atoms with E-state index in [2.05, 4.69) is 6.07 Å². The Morgan fingerprint density at radius 3 is 2.02 bits per heavy atom. The predicted molar refractivity (Wildman–Crippen MR) is 172 cm³/mol. The average Bonchev–Trinajstić information content (AvgIpc) is 3.00. The fraction of sp³-hybridized carbons (Fsp3) is 0.343. The molecule has 0 saturated heterocycles. The molecule has 0 aliphatic heterocycles. The highest BCUT2D eigenvalue weighted by Gasteiger charge is 2.19. The second kappa shape index (κ2) is 16.9. The minimum atomic E-state index is -0.987. The van der Waals surface area contributed by atoms with Crippen LogP contribution in [0.4, 0.5) is 8.78 Å². The highest BCUT2D eigenvalue weighted by molar-refractivity contribution is 5.82.